The fraction of sp³-hybridized carbons (Fsp3) is 0.667. The van der Waals surface area contributed by atoms with Gasteiger partial charge in [-0.1, -0.05) is 46.8 Å². The summed E-state index contributed by atoms with van der Waals surface area (Å²) in [5, 5.41) is 1.53. The van der Waals surface area contributed by atoms with Crippen molar-refractivity contribution in [1.29, 1.82) is 0 Å². The zero-order chi connectivity index (χ0) is 12.1. The first-order chi connectivity index (χ1) is 8.31. The first kappa shape index (κ1) is 13.1. The van der Waals surface area contributed by atoms with Gasteiger partial charge in [-0.15, -0.1) is 0 Å². The van der Waals surface area contributed by atoms with Crippen molar-refractivity contribution in [3.63, 3.8) is 0 Å². The van der Waals surface area contributed by atoms with Gasteiger partial charge in [0.25, 0.3) is 0 Å². The lowest BCUT2D eigenvalue weighted by Gasteiger charge is -2.34. The minimum Gasteiger partial charge on any atom is -0.337 e. The summed E-state index contributed by atoms with van der Waals surface area (Å²) in [7, 11) is 0. The van der Waals surface area contributed by atoms with Crippen LogP contribution in [0.3, 0.4) is 0 Å². The lowest BCUT2D eigenvalue weighted by molar-refractivity contribution is 0.415. The van der Waals surface area contributed by atoms with Gasteiger partial charge in [0.1, 0.15) is 0 Å². The second-order valence-electron chi connectivity index (χ2n) is 4.38. The van der Waals surface area contributed by atoms with E-state index in [0.29, 0.717) is 11.1 Å². The van der Waals surface area contributed by atoms with Crippen LogP contribution in [0.25, 0.3) is 0 Å². The molecule has 0 saturated heterocycles. The Balaban J connectivity index is 2.12. The maximum absolute atomic E-state index is 5.83. The van der Waals surface area contributed by atoms with Gasteiger partial charge in [-0.2, -0.15) is 0 Å². The minimum atomic E-state index is 0.586. The topological polar surface area (TPSA) is 29.0 Å². The quantitative estimate of drug-likeness (QED) is 0.793. The highest BCUT2D eigenvalue weighted by Crippen LogP contribution is 2.25. The maximum atomic E-state index is 5.83. The lowest BCUT2D eigenvalue weighted by atomic mass is 9.94. The summed E-state index contributed by atoms with van der Waals surface area (Å²) in [6, 6.07) is 0.586. The third kappa shape index (κ3) is 3.55. The molecule has 0 N–H and O–H groups in total. The number of rotatable bonds is 4. The molecule has 0 radical (unpaired) electrons. The van der Waals surface area contributed by atoms with Crippen LogP contribution in [-0.4, -0.2) is 27.9 Å². The molecule has 1 aliphatic carbocycles. The van der Waals surface area contributed by atoms with E-state index >= 15 is 0 Å². The van der Waals surface area contributed by atoms with Crippen molar-refractivity contribution in [2.45, 2.75) is 38.1 Å². The van der Waals surface area contributed by atoms with E-state index in [2.05, 4.69) is 30.8 Å². The van der Waals surface area contributed by atoms with Crippen molar-refractivity contribution in [3.05, 3.63) is 17.4 Å². The zero-order valence-corrected chi connectivity index (χ0v) is 12.1. The molecule has 0 aromatic carbocycles. The third-order valence-corrected chi connectivity index (χ3v) is 3.75. The molecule has 1 heterocycles. The Morgan fingerprint density at radius 2 is 1.88 bits per heavy atom. The van der Waals surface area contributed by atoms with Gasteiger partial charge < -0.3 is 4.90 Å². The van der Waals surface area contributed by atoms with Crippen LogP contribution in [0, 0.1) is 0 Å². The number of aromatic nitrogens is 2. The Morgan fingerprint density at radius 3 is 2.47 bits per heavy atom. The zero-order valence-electron chi connectivity index (χ0n) is 9.78. The largest absolute Gasteiger partial charge is 0.337 e. The van der Waals surface area contributed by atoms with E-state index in [1.54, 1.807) is 12.4 Å². The van der Waals surface area contributed by atoms with Crippen LogP contribution in [0.2, 0.25) is 5.02 Å². The van der Waals surface area contributed by atoms with Crippen LogP contribution >= 0.6 is 27.5 Å². The van der Waals surface area contributed by atoms with Crippen molar-refractivity contribution < 1.29 is 0 Å². The van der Waals surface area contributed by atoms with Gasteiger partial charge in [0, 0.05) is 17.9 Å². The van der Waals surface area contributed by atoms with Crippen molar-refractivity contribution in [3.8, 4) is 0 Å². The highest BCUT2D eigenvalue weighted by atomic mass is 79.9. The molecule has 3 nitrogen and oxygen atoms in total. The second kappa shape index (κ2) is 6.55. The molecule has 2 rings (SSSR count). The predicted octanol–water partition coefficient (Wildman–Crippen LogP) is 3.66. The average molecular weight is 319 g/mol. The Kier molecular flexibility index (Phi) is 5.04. The lowest BCUT2D eigenvalue weighted by Crippen LogP contribution is -2.39. The van der Waals surface area contributed by atoms with Crippen molar-refractivity contribution >= 4 is 33.5 Å². The summed E-state index contributed by atoms with van der Waals surface area (Å²) in [5.41, 5.74) is 0. The van der Waals surface area contributed by atoms with Crippen LogP contribution in [0.4, 0.5) is 5.95 Å². The molecule has 0 aliphatic heterocycles. The molecular weight excluding hydrogens is 302 g/mol. The van der Waals surface area contributed by atoms with Crippen LogP contribution in [-0.2, 0) is 0 Å². The summed E-state index contributed by atoms with van der Waals surface area (Å²) >= 11 is 9.33. The van der Waals surface area contributed by atoms with Crippen LogP contribution in [0.5, 0.6) is 0 Å². The molecule has 94 valence electrons. The summed E-state index contributed by atoms with van der Waals surface area (Å²) in [6.45, 7) is 0.951. The van der Waals surface area contributed by atoms with Crippen molar-refractivity contribution in [2.75, 3.05) is 16.8 Å². The monoisotopic (exact) mass is 317 g/mol. The third-order valence-electron chi connectivity index (χ3n) is 3.20. The van der Waals surface area contributed by atoms with E-state index in [9.17, 15) is 0 Å². The minimum absolute atomic E-state index is 0.586. The van der Waals surface area contributed by atoms with Gasteiger partial charge in [0.2, 0.25) is 5.95 Å². The fourth-order valence-electron chi connectivity index (χ4n) is 2.38. The summed E-state index contributed by atoms with van der Waals surface area (Å²) in [6.07, 6.45) is 9.84. The fourth-order valence-corrected chi connectivity index (χ4v) is 2.86. The molecule has 1 aromatic rings. The van der Waals surface area contributed by atoms with Gasteiger partial charge >= 0.3 is 0 Å². The first-order valence-electron chi connectivity index (χ1n) is 6.11. The molecule has 1 aromatic heterocycles. The van der Waals surface area contributed by atoms with Gasteiger partial charge in [-0.3, -0.25) is 0 Å². The maximum Gasteiger partial charge on any atom is 0.225 e. The molecule has 1 saturated carbocycles. The van der Waals surface area contributed by atoms with Crippen LogP contribution in [0.15, 0.2) is 12.4 Å². The van der Waals surface area contributed by atoms with Crippen molar-refractivity contribution in [2.24, 2.45) is 0 Å². The highest BCUT2D eigenvalue weighted by Gasteiger charge is 2.22. The smallest absolute Gasteiger partial charge is 0.225 e. The molecule has 0 amide bonds. The van der Waals surface area contributed by atoms with Gasteiger partial charge in [0.15, 0.2) is 0 Å². The van der Waals surface area contributed by atoms with Crippen LogP contribution in [0.1, 0.15) is 32.1 Å². The number of nitrogens with zero attached hydrogens (tertiary/aromatic N) is 3. The summed E-state index contributed by atoms with van der Waals surface area (Å²) < 4.78 is 0. The van der Waals surface area contributed by atoms with E-state index < -0.39 is 0 Å². The number of alkyl halides is 1. The van der Waals surface area contributed by atoms with Gasteiger partial charge in [-0.25, -0.2) is 9.97 Å². The van der Waals surface area contributed by atoms with E-state index in [-0.39, 0.29) is 0 Å². The molecular formula is C12H17BrClN3. The number of halogens is 2. The molecule has 0 spiro atoms. The molecule has 0 bridgehead atoms. The van der Waals surface area contributed by atoms with Crippen molar-refractivity contribution in [1.82, 2.24) is 9.97 Å². The van der Waals surface area contributed by atoms with Gasteiger partial charge in [-0.05, 0) is 12.8 Å². The SMILES string of the molecule is Clc1cnc(N(CCBr)C2CCCCC2)nc1. The number of hydrogen-bond donors (Lipinski definition) is 0. The van der Waals surface area contributed by atoms with E-state index in [0.717, 1.165) is 17.8 Å². The predicted molar refractivity (Wildman–Crippen MR) is 75.1 cm³/mol. The standard InChI is InChI=1S/C12H17BrClN3/c13-6-7-17(11-4-2-1-3-5-11)12-15-8-10(14)9-16-12/h8-9,11H,1-7H2. The van der Waals surface area contributed by atoms with E-state index in [1.165, 1.54) is 32.1 Å². The van der Waals surface area contributed by atoms with E-state index in [4.69, 9.17) is 11.6 Å². The molecule has 0 atom stereocenters. The molecule has 1 aliphatic rings. The number of anilines is 1. The van der Waals surface area contributed by atoms with Gasteiger partial charge in [0.05, 0.1) is 17.4 Å². The van der Waals surface area contributed by atoms with E-state index in [1.807, 2.05) is 0 Å². The number of hydrogen-bond acceptors (Lipinski definition) is 3. The average Bonchev–Trinajstić information content (AvgIpc) is 2.38. The highest BCUT2D eigenvalue weighted by molar-refractivity contribution is 9.09. The Labute approximate surface area is 116 Å². The Hall–Kier alpha value is -0.350. The van der Waals surface area contributed by atoms with Crippen LogP contribution < -0.4 is 4.90 Å². The Bertz CT molecular complexity index is 338. The molecule has 0 unspecified atom stereocenters. The second-order valence-corrected chi connectivity index (χ2v) is 5.60. The molecule has 5 heteroatoms. The molecule has 1 fully saturated rings. The molecule has 17 heavy (non-hydrogen) atoms. The first-order valence-corrected chi connectivity index (χ1v) is 7.61. The Morgan fingerprint density at radius 1 is 1.24 bits per heavy atom. The summed E-state index contributed by atoms with van der Waals surface area (Å²) in [5.74, 6) is 0.806. The summed E-state index contributed by atoms with van der Waals surface area (Å²) in [4.78, 5) is 11.0. The normalized spacial score (nSPS) is 17.1.